The highest BCUT2D eigenvalue weighted by molar-refractivity contribution is 8.00. The van der Waals surface area contributed by atoms with Crippen LogP contribution < -0.4 is 10.6 Å². The van der Waals surface area contributed by atoms with Crippen molar-refractivity contribution in [3.05, 3.63) is 0 Å². The van der Waals surface area contributed by atoms with Crippen LogP contribution in [0.4, 0.5) is 0 Å². The van der Waals surface area contributed by atoms with Crippen LogP contribution in [0.2, 0.25) is 0 Å². The van der Waals surface area contributed by atoms with Gasteiger partial charge >= 0.3 is 11.9 Å². The minimum Gasteiger partial charge on any atom is -0.467 e. The summed E-state index contributed by atoms with van der Waals surface area (Å²) in [5.74, 6) is -1.56. The molecule has 8 nitrogen and oxygen atoms in total. The molecule has 1 heterocycles. The molecule has 9 heteroatoms. The molecule has 1 aliphatic rings. The summed E-state index contributed by atoms with van der Waals surface area (Å²) in [4.78, 5) is 47.1. The van der Waals surface area contributed by atoms with E-state index in [4.69, 9.17) is 4.74 Å². The van der Waals surface area contributed by atoms with Gasteiger partial charge in [-0.2, -0.15) is 0 Å². The van der Waals surface area contributed by atoms with Crippen molar-refractivity contribution in [2.24, 2.45) is 0 Å². The summed E-state index contributed by atoms with van der Waals surface area (Å²) in [6.45, 7) is 4.96. The lowest BCUT2D eigenvalue weighted by atomic mass is 10.1. The number of carbonyl (C=O) groups is 4. The molecule has 0 aromatic carbocycles. The molecule has 2 amide bonds. The molecule has 0 saturated carbocycles. The van der Waals surface area contributed by atoms with E-state index in [1.807, 2.05) is 0 Å². The predicted molar refractivity (Wildman–Crippen MR) is 83.7 cm³/mol. The first-order valence-electron chi connectivity index (χ1n) is 7.19. The molecule has 0 aliphatic carbocycles. The molecule has 2 N–H and O–H groups in total. The van der Waals surface area contributed by atoms with Crippen LogP contribution in [0.1, 0.15) is 27.2 Å². The SMILES string of the molecule is CCOC(=O)[C@@H]1CS[C@H](CC(=O)NC(C)(C)C(=O)OC)C(=O)N1. The Bertz CT molecular complexity index is 494. The Kier molecular flexibility index (Phi) is 6.86. The minimum atomic E-state index is -1.17. The number of hydrogen-bond donors (Lipinski definition) is 2. The molecular weight excluding hydrogens is 324 g/mol. The van der Waals surface area contributed by atoms with Crippen molar-refractivity contribution >= 4 is 35.5 Å². The van der Waals surface area contributed by atoms with E-state index in [2.05, 4.69) is 15.4 Å². The van der Waals surface area contributed by atoms with Crippen molar-refractivity contribution in [1.82, 2.24) is 10.6 Å². The lowest BCUT2D eigenvalue weighted by Crippen LogP contribution is -2.54. The van der Waals surface area contributed by atoms with Crippen molar-refractivity contribution in [2.75, 3.05) is 19.5 Å². The lowest BCUT2D eigenvalue weighted by Gasteiger charge is -2.28. The Morgan fingerprint density at radius 2 is 2.04 bits per heavy atom. The van der Waals surface area contributed by atoms with Crippen LogP contribution in [0.15, 0.2) is 0 Å². The second-order valence-electron chi connectivity index (χ2n) is 5.50. The molecule has 0 radical (unpaired) electrons. The van der Waals surface area contributed by atoms with Gasteiger partial charge < -0.3 is 20.1 Å². The van der Waals surface area contributed by atoms with E-state index < -0.39 is 40.6 Å². The van der Waals surface area contributed by atoms with Crippen LogP contribution >= 0.6 is 11.8 Å². The topological polar surface area (TPSA) is 111 Å². The molecule has 23 heavy (non-hydrogen) atoms. The van der Waals surface area contributed by atoms with Crippen LogP contribution in [0.25, 0.3) is 0 Å². The normalized spacial score (nSPS) is 21.1. The molecule has 1 saturated heterocycles. The first-order chi connectivity index (χ1) is 10.7. The summed E-state index contributed by atoms with van der Waals surface area (Å²) in [6.07, 6.45) is -0.0908. The monoisotopic (exact) mass is 346 g/mol. The van der Waals surface area contributed by atoms with E-state index >= 15 is 0 Å². The van der Waals surface area contributed by atoms with Crippen molar-refractivity contribution in [3.8, 4) is 0 Å². The molecule has 0 aromatic heterocycles. The first kappa shape index (κ1) is 19.3. The fraction of sp³-hybridized carbons (Fsp3) is 0.714. The van der Waals surface area contributed by atoms with Crippen molar-refractivity contribution in [2.45, 2.75) is 44.0 Å². The number of carbonyl (C=O) groups excluding carboxylic acids is 4. The third kappa shape index (κ3) is 5.42. The Morgan fingerprint density at radius 1 is 1.39 bits per heavy atom. The third-order valence-electron chi connectivity index (χ3n) is 3.16. The zero-order valence-corrected chi connectivity index (χ0v) is 14.5. The van der Waals surface area contributed by atoms with Gasteiger partial charge in [-0.15, -0.1) is 11.8 Å². The Balaban J connectivity index is 2.53. The van der Waals surface area contributed by atoms with Gasteiger partial charge in [-0.1, -0.05) is 0 Å². The number of methoxy groups -OCH3 is 1. The summed E-state index contributed by atoms with van der Waals surface area (Å²) >= 11 is 1.21. The van der Waals surface area contributed by atoms with Crippen molar-refractivity contribution in [1.29, 1.82) is 0 Å². The molecule has 1 rings (SSSR count). The fourth-order valence-corrected chi connectivity index (χ4v) is 3.12. The zero-order chi connectivity index (χ0) is 17.6. The van der Waals surface area contributed by atoms with Crippen LogP contribution in [-0.4, -0.2) is 60.1 Å². The average Bonchev–Trinajstić information content (AvgIpc) is 2.48. The summed E-state index contributed by atoms with van der Waals surface area (Å²) in [5, 5.41) is 4.46. The van der Waals surface area contributed by atoms with Gasteiger partial charge in [0.05, 0.1) is 19.0 Å². The number of nitrogens with one attached hydrogen (secondary N) is 2. The van der Waals surface area contributed by atoms with Gasteiger partial charge in [0, 0.05) is 12.2 Å². The molecule has 1 aliphatic heterocycles. The van der Waals surface area contributed by atoms with Crippen LogP contribution in [0.3, 0.4) is 0 Å². The Hall–Kier alpha value is -1.77. The van der Waals surface area contributed by atoms with E-state index in [9.17, 15) is 19.2 Å². The standard InChI is InChI=1S/C14H22N2O6S/c1-5-22-12(19)8-7-23-9(11(18)15-8)6-10(17)16-14(2,3)13(20)21-4/h8-9H,5-7H2,1-4H3,(H,15,18)(H,16,17)/t8-,9+/m0/s1. The molecule has 130 valence electrons. The fourth-order valence-electron chi connectivity index (χ4n) is 1.99. The third-order valence-corrected chi connectivity index (χ3v) is 4.47. The number of esters is 2. The Morgan fingerprint density at radius 3 is 2.57 bits per heavy atom. The quantitative estimate of drug-likeness (QED) is 0.630. The largest absolute Gasteiger partial charge is 0.467 e. The number of hydrogen-bond acceptors (Lipinski definition) is 7. The summed E-state index contributed by atoms with van der Waals surface area (Å²) < 4.78 is 9.45. The minimum absolute atomic E-state index is 0.0908. The maximum atomic E-state index is 12.0. The number of thioether (sulfide) groups is 1. The summed E-state index contributed by atoms with van der Waals surface area (Å²) in [5.41, 5.74) is -1.17. The lowest BCUT2D eigenvalue weighted by molar-refractivity contribution is -0.149. The van der Waals surface area contributed by atoms with Crippen LogP contribution in [0, 0.1) is 0 Å². The summed E-state index contributed by atoms with van der Waals surface area (Å²) in [7, 11) is 1.23. The maximum Gasteiger partial charge on any atom is 0.330 e. The molecule has 0 unspecified atom stereocenters. The van der Waals surface area contributed by atoms with Crippen LogP contribution in [-0.2, 0) is 28.7 Å². The van der Waals surface area contributed by atoms with Gasteiger partial charge in [0.2, 0.25) is 11.8 Å². The second kappa shape index (κ2) is 8.19. The highest BCUT2D eigenvalue weighted by Crippen LogP contribution is 2.22. The number of ether oxygens (including phenoxy) is 2. The molecule has 2 atom stereocenters. The van der Waals surface area contributed by atoms with Gasteiger partial charge in [-0.3, -0.25) is 9.59 Å². The van der Waals surface area contributed by atoms with Gasteiger partial charge in [0.1, 0.15) is 11.6 Å². The van der Waals surface area contributed by atoms with E-state index in [-0.39, 0.29) is 13.0 Å². The Labute approximate surface area is 139 Å². The molecule has 0 bridgehead atoms. The van der Waals surface area contributed by atoms with Crippen LogP contribution in [0.5, 0.6) is 0 Å². The first-order valence-corrected chi connectivity index (χ1v) is 8.24. The summed E-state index contributed by atoms with van der Waals surface area (Å²) in [6, 6.07) is -0.696. The van der Waals surface area contributed by atoms with Gasteiger partial charge in [-0.05, 0) is 20.8 Å². The maximum absolute atomic E-state index is 12.0. The average molecular weight is 346 g/mol. The highest BCUT2D eigenvalue weighted by Gasteiger charge is 2.36. The van der Waals surface area contributed by atoms with E-state index in [1.54, 1.807) is 6.92 Å². The van der Waals surface area contributed by atoms with Gasteiger partial charge in [0.25, 0.3) is 0 Å². The van der Waals surface area contributed by atoms with Crippen molar-refractivity contribution in [3.63, 3.8) is 0 Å². The predicted octanol–water partition coefficient (Wildman–Crippen LogP) is -0.392. The van der Waals surface area contributed by atoms with E-state index in [0.717, 1.165) is 0 Å². The van der Waals surface area contributed by atoms with Crippen molar-refractivity contribution < 1.29 is 28.7 Å². The van der Waals surface area contributed by atoms with Gasteiger partial charge in [-0.25, -0.2) is 9.59 Å². The molecule has 0 aromatic rings. The second-order valence-corrected chi connectivity index (χ2v) is 6.74. The zero-order valence-electron chi connectivity index (χ0n) is 13.6. The molecule has 0 spiro atoms. The smallest absolute Gasteiger partial charge is 0.330 e. The molecule has 1 fully saturated rings. The van der Waals surface area contributed by atoms with E-state index in [0.29, 0.717) is 5.75 Å². The van der Waals surface area contributed by atoms with Gasteiger partial charge in [0.15, 0.2) is 0 Å². The van der Waals surface area contributed by atoms with E-state index in [1.165, 1.54) is 32.7 Å². The highest BCUT2D eigenvalue weighted by atomic mass is 32.2. The molecular formula is C14H22N2O6S. The number of rotatable bonds is 6. The number of amides is 2.